The molecule has 1 amide bonds. The standard InChI is InChI=1S/C15H13N3O2/c19-15(20-10-11-6-2-1-3-7-11)18-14-16-12-8-4-5-9-13(12)17-14/h1-9H,10H2,(H2,16,17,18,19). The SMILES string of the molecule is O=C(Nc1nc2ccccc2[nH]1)OCc1ccccc1. The van der Waals surface area contributed by atoms with Crippen molar-refractivity contribution in [1.29, 1.82) is 0 Å². The molecule has 0 aliphatic heterocycles. The first kappa shape index (κ1) is 12.2. The van der Waals surface area contributed by atoms with Gasteiger partial charge in [0.15, 0.2) is 0 Å². The van der Waals surface area contributed by atoms with Crippen LogP contribution in [0.3, 0.4) is 0 Å². The van der Waals surface area contributed by atoms with Crippen molar-refractivity contribution in [3.63, 3.8) is 0 Å². The zero-order valence-electron chi connectivity index (χ0n) is 10.7. The highest BCUT2D eigenvalue weighted by Crippen LogP contribution is 2.13. The third-order valence-electron chi connectivity index (χ3n) is 2.82. The lowest BCUT2D eigenvalue weighted by molar-refractivity contribution is 0.155. The molecule has 0 spiro atoms. The number of hydrogen-bond donors (Lipinski definition) is 2. The average molecular weight is 267 g/mol. The molecule has 0 bridgehead atoms. The molecule has 0 atom stereocenters. The summed E-state index contributed by atoms with van der Waals surface area (Å²) >= 11 is 0. The molecule has 0 radical (unpaired) electrons. The number of imidazole rings is 1. The van der Waals surface area contributed by atoms with Gasteiger partial charge in [-0.3, -0.25) is 5.32 Å². The van der Waals surface area contributed by atoms with E-state index in [9.17, 15) is 4.79 Å². The second-order valence-electron chi connectivity index (χ2n) is 4.29. The summed E-state index contributed by atoms with van der Waals surface area (Å²) in [4.78, 5) is 18.9. The van der Waals surface area contributed by atoms with E-state index in [4.69, 9.17) is 4.74 Å². The van der Waals surface area contributed by atoms with E-state index in [2.05, 4.69) is 15.3 Å². The fourth-order valence-corrected chi connectivity index (χ4v) is 1.87. The van der Waals surface area contributed by atoms with Gasteiger partial charge in [0.1, 0.15) is 6.61 Å². The number of nitrogens with one attached hydrogen (secondary N) is 2. The Morgan fingerprint density at radius 1 is 1.10 bits per heavy atom. The molecule has 3 aromatic rings. The summed E-state index contributed by atoms with van der Waals surface area (Å²) in [6.07, 6.45) is -0.534. The predicted molar refractivity (Wildman–Crippen MR) is 76.3 cm³/mol. The maximum Gasteiger partial charge on any atom is 0.414 e. The molecule has 0 unspecified atom stereocenters. The minimum Gasteiger partial charge on any atom is -0.444 e. The van der Waals surface area contributed by atoms with E-state index >= 15 is 0 Å². The number of carbonyl (C=O) groups excluding carboxylic acids is 1. The number of benzene rings is 2. The van der Waals surface area contributed by atoms with Gasteiger partial charge < -0.3 is 9.72 Å². The van der Waals surface area contributed by atoms with Crippen LogP contribution < -0.4 is 5.32 Å². The Morgan fingerprint density at radius 2 is 1.85 bits per heavy atom. The zero-order valence-corrected chi connectivity index (χ0v) is 10.7. The van der Waals surface area contributed by atoms with Crippen LogP contribution in [0.25, 0.3) is 11.0 Å². The van der Waals surface area contributed by atoms with Crippen molar-refractivity contribution < 1.29 is 9.53 Å². The molecule has 5 nitrogen and oxygen atoms in total. The van der Waals surface area contributed by atoms with E-state index in [1.807, 2.05) is 54.6 Å². The summed E-state index contributed by atoms with van der Waals surface area (Å²) in [6.45, 7) is 0.229. The number of hydrogen-bond acceptors (Lipinski definition) is 3. The summed E-state index contributed by atoms with van der Waals surface area (Å²) in [6, 6.07) is 17.1. The van der Waals surface area contributed by atoms with Crippen LogP contribution in [0.1, 0.15) is 5.56 Å². The second kappa shape index (κ2) is 5.44. The van der Waals surface area contributed by atoms with Crippen molar-refractivity contribution >= 4 is 23.1 Å². The highest BCUT2D eigenvalue weighted by atomic mass is 16.5. The van der Waals surface area contributed by atoms with Crippen molar-refractivity contribution in [2.75, 3.05) is 5.32 Å². The van der Waals surface area contributed by atoms with Gasteiger partial charge in [-0.25, -0.2) is 9.78 Å². The summed E-state index contributed by atoms with van der Waals surface area (Å²) in [5.74, 6) is 0.379. The number of anilines is 1. The lowest BCUT2D eigenvalue weighted by atomic mass is 10.2. The molecule has 100 valence electrons. The molecule has 1 aromatic heterocycles. The molecule has 0 saturated heterocycles. The third kappa shape index (κ3) is 2.77. The highest BCUT2D eigenvalue weighted by molar-refractivity contribution is 5.86. The molecule has 5 heteroatoms. The lowest BCUT2D eigenvalue weighted by Gasteiger charge is -2.04. The second-order valence-corrected chi connectivity index (χ2v) is 4.29. The Morgan fingerprint density at radius 3 is 2.65 bits per heavy atom. The van der Waals surface area contributed by atoms with Gasteiger partial charge in [0.2, 0.25) is 5.95 Å². The van der Waals surface area contributed by atoms with Crippen molar-refractivity contribution in [2.45, 2.75) is 6.61 Å². The summed E-state index contributed by atoms with van der Waals surface area (Å²) < 4.78 is 5.12. The van der Waals surface area contributed by atoms with E-state index in [0.29, 0.717) is 5.95 Å². The highest BCUT2D eigenvalue weighted by Gasteiger charge is 2.07. The normalized spacial score (nSPS) is 10.4. The predicted octanol–water partition coefficient (Wildman–Crippen LogP) is 3.31. The van der Waals surface area contributed by atoms with Gasteiger partial charge in [-0.05, 0) is 17.7 Å². The van der Waals surface area contributed by atoms with Gasteiger partial charge in [0.25, 0.3) is 0 Å². The van der Waals surface area contributed by atoms with Crippen molar-refractivity contribution in [2.24, 2.45) is 0 Å². The molecule has 0 saturated carbocycles. The van der Waals surface area contributed by atoms with Crippen LogP contribution in [0.5, 0.6) is 0 Å². The number of amides is 1. The van der Waals surface area contributed by atoms with Crippen molar-refractivity contribution in [3.8, 4) is 0 Å². The van der Waals surface area contributed by atoms with E-state index in [1.165, 1.54) is 0 Å². The Hall–Kier alpha value is -2.82. The van der Waals surface area contributed by atoms with E-state index in [-0.39, 0.29) is 6.61 Å². The first-order valence-electron chi connectivity index (χ1n) is 6.24. The molecule has 3 rings (SSSR count). The minimum absolute atomic E-state index is 0.229. The molecule has 2 N–H and O–H groups in total. The summed E-state index contributed by atoms with van der Waals surface area (Å²) in [5.41, 5.74) is 2.60. The number of aromatic nitrogens is 2. The first-order chi connectivity index (χ1) is 9.81. The van der Waals surface area contributed by atoms with Crippen LogP contribution in [-0.2, 0) is 11.3 Å². The van der Waals surface area contributed by atoms with E-state index in [0.717, 1.165) is 16.6 Å². The fraction of sp³-hybridized carbons (Fsp3) is 0.0667. The smallest absolute Gasteiger partial charge is 0.414 e. The topological polar surface area (TPSA) is 67.0 Å². The number of para-hydroxylation sites is 2. The van der Waals surface area contributed by atoms with Crippen LogP contribution in [0.15, 0.2) is 54.6 Å². The Balaban J connectivity index is 1.61. The fourth-order valence-electron chi connectivity index (χ4n) is 1.87. The van der Waals surface area contributed by atoms with E-state index < -0.39 is 6.09 Å². The average Bonchev–Trinajstić information content (AvgIpc) is 2.88. The number of fused-ring (bicyclic) bond motifs is 1. The van der Waals surface area contributed by atoms with Gasteiger partial charge in [-0.15, -0.1) is 0 Å². The number of nitrogens with zero attached hydrogens (tertiary/aromatic N) is 1. The number of aromatic amines is 1. The Bertz CT molecular complexity index is 689. The van der Waals surface area contributed by atoms with Gasteiger partial charge >= 0.3 is 6.09 Å². The number of carbonyl (C=O) groups is 1. The van der Waals surface area contributed by atoms with Crippen molar-refractivity contribution in [1.82, 2.24) is 9.97 Å². The van der Waals surface area contributed by atoms with Gasteiger partial charge in [0, 0.05) is 0 Å². The molecular weight excluding hydrogens is 254 g/mol. The zero-order chi connectivity index (χ0) is 13.8. The van der Waals surface area contributed by atoms with Crippen LogP contribution in [0.4, 0.5) is 10.7 Å². The number of H-pyrrole nitrogens is 1. The van der Waals surface area contributed by atoms with Crippen LogP contribution in [0, 0.1) is 0 Å². The van der Waals surface area contributed by atoms with Gasteiger partial charge in [-0.1, -0.05) is 42.5 Å². The van der Waals surface area contributed by atoms with Gasteiger partial charge in [-0.2, -0.15) is 0 Å². The Labute approximate surface area is 115 Å². The molecule has 0 aliphatic carbocycles. The maximum atomic E-state index is 11.7. The third-order valence-corrected chi connectivity index (χ3v) is 2.82. The molecular formula is C15H13N3O2. The molecule has 20 heavy (non-hydrogen) atoms. The monoisotopic (exact) mass is 267 g/mol. The summed E-state index contributed by atoms with van der Waals surface area (Å²) in [7, 11) is 0. The van der Waals surface area contributed by atoms with Crippen LogP contribution in [0.2, 0.25) is 0 Å². The largest absolute Gasteiger partial charge is 0.444 e. The number of rotatable bonds is 3. The molecule has 2 aromatic carbocycles. The first-order valence-corrected chi connectivity index (χ1v) is 6.24. The molecule has 0 aliphatic rings. The quantitative estimate of drug-likeness (QED) is 0.765. The van der Waals surface area contributed by atoms with Gasteiger partial charge in [0.05, 0.1) is 11.0 Å². The van der Waals surface area contributed by atoms with Crippen LogP contribution in [-0.4, -0.2) is 16.1 Å². The van der Waals surface area contributed by atoms with E-state index in [1.54, 1.807) is 0 Å². The number of ether oxygens (including phenoxy) is 1. The van der Waals surface area contributed by atoms with Crippen molar-refractivity contribution in [3.05, 3.63) is 60.2 Å². The molecule has 1 heterocycles. The summed E-state index contributed by atoms with van der Waals surface area (Å²) in [5, 5.41) is 2.57. The van der Waals surface area contributed by atoms with Crippen LogP contribution >= 0.6 is 0 Å². The lowest BCUT2D eigenvalue weighted by Crippen LogP contribution is -2.14. The Kier molecular flexibility index (Phi) is 3.33. The maximum absolute atomic E-state index is 11.7. The molecule has 0 fully saturated rings. The minimum atomic E-state index is -0.534.